The van der Waals surface area contributed by atoms with Crippen molar-refractivity contribution in [3.63, 3.8) is 0 Å². The molecule has 5 atom stereocenters. The summed E-state index contributed by atoms with van der Waals surface area (Å²) in [5, 5.41) is 15.0. The van der Waals surface area contributed by atoms with Crippen molar-refractivity contribution < 1.29 is 124 Å². The summed E-state index contributed by atoms with van der Waals surface area (Å²) in [6.45, 7) is 24.9. The van der Waals surface area contributed by atoms with E-state index in [9.17, 15) is 57.5 Å². The highest BCUT2D eigenvalue weighted by Crippen LogP contribution is 2.24. The van der Waals surface area contributed by atoms with E-state index < -0.39 is 71.7 Å². The molecule has 0 saturated carbocycles. The largest absolute Gasteiger partial charge is 0.469 e. The zero-order chi connectivity index (χ0) is 95.2. The molecule has 710 valence electrons. The van der Waals surface area contributed by atoms with Crippen molar-refractivity contribution in [1.29, 1.82) is 0 Å². The molecule has 0 radical (unpaired) electrons. The van der Waals surface area contributed by atoms with Gasteiger partial charge in [0.2, 0.25) is 59.1 Å². The first-order valence-corrected chi connectivity index (χ1v) is 44.3. The monoisotopic (exact) mass is 1770 g/mol. The van der Waals surface area contributed by atoms with E-state index in [1.54, 1.807) is 28.5 Å². The first-order valence-electron chi connectivity index (χ1n) is 44.3. The lowest BCUT2D eigenvalue weighted by atomic mass is 9.99. The fraction of sp³-hybridized carbons (Fsp3) is 0.795. The van der Waals surface area contributed by atoms with E-state index in [1.165, 1.54) is 38.2 Å². The summed E-state index contributed by atoms with van der Waals surface area (Å²) in [7, 11) is 5.19. The normalized spacial score (nSPS) is 11.6. The van der Waals surface area contributed by atoms with Crippen molar-refractivity contribution in [2.24, 2.45) is 23.7 Å². The number of methoxy groups -OCH3 is 4. The van der Waals surface area contributed by atoms with Crippen LogP contribution in [-0.2, 0) is 124 Å². The molecule has 0 aliphatic carbocycles. The minimum atomic E-state index is -1.29. The average Bonchev–Trinajstić information content (AvgIpc) is 0.863. The van der Waals surface area contributed by atoms with Crippen LogP contribution in [-0.4, -0.2) is 256 Å². The van der Waals surface area contributed by atoms with Crippen LogP contribution in [0.15, 0.2) is 0 Å². The van der Waals surface area contributed by atoms with Crippen molar-refractivity contribution in [3.05, 3.63) is 0 Å². The Balaban J connectivity index is -0.00000370. The Labute approximate surface area is 735 Å². The molecule has 0 fully saturated rings. The van der Waals surface area contributed by atoms with Crippen molar-refractivity contribution in [2.45, 2.75) is 338 Å². The number of carbonyl (C=O) groups is 14. The number of esters is 4. The number of rotatable bonds is 67. The molecule has 5 unspecified atom stereocenters. The van der Waals surface area contributed by atoms with Crippen LogP contribution in [0.4, 0.5) is 0 Å². The summed E-state index contributed by atoms with van der Waals surface area (Å²) >= 11 is 0. The maximum absolute atomic E-state index is 15.4. The van der Waals surface area contributed by atoms with Crippen molar-refractivity contribution in [3.8, 4) is 0 Å². The number of hydrogen-bond donors (Lipinski definition) is 5. The quantitative estimate of drug-likeness (QED) is 0.0217. The van der Waals surface area contributed by atoms with Crippen LogP contribution in [0.2, 0.25) is 0 Å². The van der Waals surface area contributed by atoms with Crippen LogP contribution in [0.1, 0.15) is 308 Å². The third-order valence-corrected chi connectivity index (χ3v) is 20.1. The van der Waals surface area contributed by atoms with Gasteiger partial charge in [-0.2, -0.15) is 38.4 Å². The molecule has 0 aromatic heterocycles. The van der Waals surface area contributed by atoms with Crippen LogP contribution < -0.4 is 26.6 Å². The van der Waals surface area contributed by atoms with Gasteiger partial charge in [-0.15, -0.1) is 0 Å². The van der Waals surface area contributed by atoms with Crippen LogP contribution in [0, 0.1) is 23.7 Å². The van der Waals surface area contributed by atoms with Gasteiger partial charge in [0.05, 0.1) is 28.4 Å². The molecule has 0 heterocycles. The lowest BCUT2D eigenvalue weighted by Gasteiger charge is -2.35. The van der Waals surface area contributed by atoms with Gasteiger partial charge in [-0.1, -0.05) is 154 Å². The number of unbranched alkanes of at least 4 members (excludes halogenated alkanes) is 14. The van der Waals surface area contributed by atoms with Gasteiger partial charge >= 0.3 is 48.5 Å². The van der Waals surface area contributed by atoms with Crippen molar-refractivity contribution in [2.75, 3.05) is 93.9 Å². The summed E-state index contributed by atoms with van der Waals surface area (Å²) in [6, 6.07) is -4.75. The van der Waals surface area contributed by atoms with Gasteiger partial charge in [-0.3, -0.25) is 67.1 Å². The molecule has 36 nitrogen and oxygen atoms in total. The van der Waals surface area contributed by atoms with E-state index >= 15 is 9.59 Å². The van der Waals surface area contributed by atoms with E-state index in [2.05, 4.69) is 40.4 Å². The molecular formula is C88H152N10O26. The Morgan fingerprint density at radius 2 is 0.468 bits per heavy atom. The second kappa shape index (κ2) is 81.4. The van der Waals surface area contributed by atoms with Gasteiger partial charge in [0.1, 0.15) is 30.2 Å². The summed E-state index contributed by atoms with van der Waals surface area (Å²) in [4.78, 5) is 267. The van der Waals surface area contributed by atoms with Gasteiger partial charge in [0.15, 0.2) is 0 Å². The second-order valence-electron chi connectivity index (χ2n) is 31.3. The SMILES string of the molecule is CCCCCCNC(=O)C(C(C)C)N(CCCC)C(=O)CCCC(=O)N(CCCCCC(=O)N(CCCC(=O)OC)C(C(=O)NCCCCCC)C(C)C)C(CCCC(=O)N(CCCC)C(C(=O)NCCCCCC(=O)OC)C(C)C)C(=O)NCCC(=O)N(CCCC(=O)OC)C(C(=O)NCCCCCC(=O)OC)C(C)C.O=C=O.O=C=O.O=C=O.O=C=O. The predicted octanol–water partition coefficient (Wildman–Crippen LogP) is 8.27. The molecule has 0 aliphatic rings. The predicted molar refractivity (Wildman–Crippen MR) is 454 cm³/mol. The first kappa shape index (κ1) is 123. The highest BCUT2D eigenvalue weighted by Gasteiger charge is 2.38. The standard InChI is InChI=1S/C84H152N10O18.4CO2/c1-17-21-25-33-52-85-81(105)77(63(7)8)92(58-24-20-4)70(98)46-39-45-67(95)90(59-37-29-30-43-68(96)93(60-40-49-74(102)111-15)78(64(9)10)83(107)86-53-34-26-22-18-2)66(42-38-44-69(97)91(57-23-19-3)76(62(5)6)82(106)87-54-35-27-31-47-72(100)109-13)80(104)89-56-51-71(99)94(61-41-50-75(103)112-16)79(65(11)12)84(108)88-55-36-28-32-48-73(101)110-14;4*2-1-3/h62-66,76-79H,17-61H2,1-16H3,(H,85,105)(H,86,107)(H,87,106)(H,88,108)(H,89,104);;;;. The number of hydrogen-bond acceptors (Lipinski definition) is 26. The summed E-state index contributed by atoms with van der Waals surface area (Å²) in [5.41, 5.74) is 0. The minimum Gasteiger partial charge on any atom is -0.469 e. The smallest absolute Gasteiger partial charge is 0.373 e. The van der Waals surface area contributed by atoms with Gasteiger partial charge in [-0.25, -0.2) is 0 Å². The molecule has 5 N–H and O–H groups in total. The molecule has 0 bridgehead atoms. The third kappa shape index (κ3) is 59.8. The van der Waals surface area contributed by atoms with Gasteiger partial charge < -0.3 is 70.0 Å². The van der Waals surface area contributed by atoms with Crippen molar-refractivity contribution in [1.82, 2.24) is 51.1 Å². The summed E-state index contributed by atoms with van der Waals surface area (Å²) in [5.74, 6) is -6.81. The molecule has 0 spiro atoms. The fourth-order valence-corrected chi connectivity index (χ4v) is 13.8. The van der Waals surface area contributed by atoms with Gasteiger partial charge in [0.25, 0.3) is 0 Å². The summed E-state index contributed by atoms with van der Waals surface area (Å²) in [6.07, 6.45) is 15.8. The highest BCUT2D eigenvalue weighted by atomic mass is 16.5. The minimum absolute atomic E-state index is 0.00259. The molecule has 124 heavy (non-hydrogen) atoms. The molecular weight excluding hydrogens is 1610 g/mol. The van der Waals surface area contributed by atoms with E-state index in [0.29, 0.717) is 96.8 Å². The molecule has 36 heteroatoms. The van der Waals surface area contributed by atoms with E-state index in [0.717, 1.165) is 57.8 Å². The topological polar surface area (TPSA) is 489 Å². The zero-order valence-electron chi connectivity index (χ0n) is 77.4. The maximum Gasteiger partial charge on any atom is 0.373 e. The average molecular weight is 1770 g/mol. The lowest BCUT2D eigenvalue weighted by molar-refractivity contribution is -0.193. The fourth-order valence-electron chi connectivity index (χ4n) is 13.8. The zero-order valence-corrected chi connectivity index (χ0v) is 77.4. The summed E-state index contributed by atoms with van der Waals surface area (Å²) < 4.78 is 19.3. The van der Waals surface area contributed by atoms with Crippen molar-refractivity contribution >= 4 is 108 Å². The van der Waals surface area contributed by atoms with E-state index in [-0.39, 0.29) is 225 Å². The number of nitrogens with zero attached hydrogens (tertiary/aromatic N) is 5. The van der Waals surface area contributed by atoms with Crippen LogP contribution >= 0.6 is 0 Å². The lowest BCUT2D eigenvalue weighted by Crippen LogP contribution is -2.54. The Morgan fingerprint density at radius 3 is 0.758 bits per heavy atom. The molecule has 0 aromatic carbocycles. The molecule has 10 amide bonds. The number of carbonyl (C=O) groups excluding carboxylic acids is 22. The van der Waals surface area contributed by atoms with Crippen LogP contribution in [0.5, 0.6) is 0 Å². The maximum atomic E-state index is 15.4. The third-order valence-electron chi connectivity index (χ3n) is 20.1. The molecule has 0 aromatic rings. The Kier molecular flexibility index (Phi) is 80.5. The Morgan fingerprint density at radius 1 is 0.242 bits per heavy atom. The Hall–Kier alpha value is -9.90. The van der Waals surface area contributed by atoms with E-state index in [4.69, 9.17) is 57.3 Å². The van der Waals surface area contributed by atoms with Gasteiger partial charge in [-0.05, 0) is 120 Å². The molecule has 0 aliphatic heterocycles. The highest BCUT2D eigenvalue weighted by molar-refractivity contribution is 5.92. The second-order valence-corrected chi connectivity index (χ2v) is 31.3. The van der Waals surface area contributed by atoms with Gasteiger partial charge in [0, 0.05) is 123 Å². The molecule has 0 saturated heterocycles. The number of amides is 10. The Bertz CT molecular complexity index is 3120. The first-order chi connectivity index (χ1) is 59.1. The van der Waals surface area contributed by atoms with Crippen LogP contribution in [0.3, 0.4) is 0 Å². The number of nitrogens with one attached hydrogen (secondary N) is 5. The van der Waals surface area contributed by atoms with E-state index in [1.807, 2.05) is 55.4 Å². The van der Waals surface area contributed by atoms with Crippen LogP contribution in [0.25, 0.3) is 0 Å². The number of ether oxygens (including phenoxy) is 4. The molecule has 0 rings (SSSR count).